The summed E-state index contributed by atoms with van der Waals surface area (Å²) in [5, 5.41) is 3.67. The van der Waals surface area contributed by atoms with Crippen molar-refractivity contribution in [2.24, 2.45) is 0 Å². The first kappa shape index (κ1) is 18.1. The van der Waals surface area contributed by atoms with Crippen molar-refractivity contribution in [3.05, 3.63) is 59.7 Å². The molecule has 1 nitrogen and oxygen atoms in total. The fourth-order valence-corrected chi connectivity index (χ4v) is 3.74. The quantitative estimate of drug-likeness (QED) is 0.630. The summed E-state index contributed by atoms with van der Waals surface area (Å²) in [4.78, 5) is 0. The van der Waals surface area contributed by atoms with Crippen LogP contribution in [0.3, 0.4) is 0 Å². The molecule has 3 heteroatoms. The van der Waals surface area contributed by atoms with Crippen LogP contribution in [0.1, 0.15) is 56.9 Å². The Morgan fingerprint density at radius 2 is 1.56 bits per heavy atom. The van der Waals surface area contributed by atoms with E-state index in [1.807, 2.05) is 12.1 Å². The third-order valence-electron chi connectivity index (χ3n) is 5.33. The van der Waals surface area contributed by atoms with Crippen LogP contribution in [-0.4, -0.2) is 12.6 Å². The number of rotatable bonds is 6. The van der Waals surface area contributed by atoms with Gasteiger partial charge in [0, 0.05) is 6.04 Å². The standard InChI is InChI=1S/C22H27F2N/c1-2-3-14-25-20-11-8-17(9-12-20)16-4-6-18(7-5-16)19-10-13-21(23)22(24)15-19/h4-7,10,13,15,17,20,25H,2-3,8-9,11-12,14H2,1H3. The SMILES string of the molecule is CCCCNC1CCC(c2ccc(-c3ccc(F)c(F)c3)cc2)CC1. The summed E-state index contributed by atoms with van der Waals surface area (Å²) in [6, 6.07) is 13.1. The smallest absolute Gasteiger partial charge is 0.159 e. The van der Waals surface area contributed by atoms with E-state index >= 15 is 0 Å². The van der Waals surface area contributed by atoms with Crippen LogP contribution < -0.4 is 5.32 Å². The zero-order valence-electron chi connectivity index (χ0n) is 14.9. The molecule has 1 N–H and O–H groups in total. The lowest BCUT2D eigenvalue weighted by molar-refractivity contribution is 0.342. The van der Waals surface area contributed by atoms with Crippen molar-refractivity contribution >= 4 is 0 Å². The van der Waals surface area contributed by atoms with Gasteiger partial charge in [-0.3, -0.25) is 0 Å². The highest BCUT2D eigenvalue weighted by Crippen LogP contribution is 2.34. The van der Waals surface area contributed by atoms with E-state index in [9.17, 15) is 8.78 Å². The molecule has 1 aliphatic rings. The molecule has 0 atom stereocenters. The van der Waals surface area contributed by atoms with Gasteiger partial charge >= 0.3 is 0 Å². The molecule has 134 valence electrons. The molecule has 3 rings (SSSR count). The maximum Gasteiger partial charge on any atom is 0.159 e. The van der Waals surface area contributed by atoms with E-state index in [0.29, 0.717) is 17.5 Å². The van der Waals surface area contributed by atoms with Gasteiger partial charge < -0.3 is 5.32 Å². The summed E-state index contributed by atoms with van der Waals surface area (Å²) >= 11 is 0. The second kappa shape index (κ2) is 8.57. The van der Waals surface area contributed by atoms with Crippen molar-refractivity contribution in [2.45, 2.75) is 57.4 Å². The first-order chi connectivity index (χ1) is 12.2. The number of nitrogens with one attached hydrogen (secondary N) is 1. The fourth-order valence-electron chi connectivity index (χ4n) is 3.74. The largest absolute Gasteiger partial charge is 0.314 e. The van der Waals surface area contributed by atoms with Gasteiger partial charge in [0.15, 0.2) is 11.6 Å². The van der Waals surface area contributed by atoms with Gasteiger partial charge in [0.1, 0.15) is 0 Å². The summed E-state index contributed by atoms with van der Waals surface area (Å²) in [6.07, 6.45) is 7.40. The number of halogens is 2. The van der Waals surface area contributed by atoms with E-state index in [0.717, 1.165) is 12.1 Å². The number of unbranched alkanes of at least 4 members (excludes halogenated alkanes) is 1. The lowest BCUT2D eigenvalue weighted by Gasteiger charge is -2.29. The Morgan fingerprint density at radius 3 is 2.20 bits per heavy atom. The summed E-state index contributed by atoms with van der Waals surface area (Å²) in [5.41, 5.74) is 3.00. The van der Waals surface area contributed by atoms with Gasteiger partial charge in [-0.05, 0) is 73.4 Å². The van der Waals surface area contributed by atoms with Crippen LogP contribution in [0.5, 0.6) is 0 Å². The van der Waals surface area contributed by atoms with E-state index in [4.69, 9.17) is 0 Å². The Kier molecular flexibility index (Phi) is 6.19. The Morgan fingerprint density at radius 1 is 0.880 bits per heavy atom. The molecule has 0 unspecified atom stereocenters. The first-order valence-electron chi connectivity index (χ1n) is 9.46. The molecular weight excluding hydrogens is 316 g/mol. The van der Waals surface area contributed by atoms with E-state index in [2.05, 4.69) is 24.4 Å². The van der Waals surface area contributed by atoms with Crippen LogP contribution in [0.25, 0.3) is 11.1 Å². The molecule has 0 aromatic heterocycles. The van der Waals surface area contributed by atoms with Gasteiger partial charge in [-0.25, -0.2) is 8.78 Å². The van der Waals surface area contributed by atoms with Crippen molar-refractivity contribution in [1.82, 2.24) is 5.32 Å². The predicted octanol–water partition coefficient (Wildman–Crippen LogP) is 6.05. The Bertz CT molecular complexity index is 673. The normalized spacial score (nSPS) is 20.6. The van der Waals surface area contributed by atoms with E-state index < -0.39 is 11.6 Å². The van der Waals surface area contributed by atoms with Gasteiger partial charge in [-0.1, -0.05) is 43.7 Å². The molecule has 1 fully saturated rings. The van der Waals surface area contributed by atoms with E-state index in [1.54, 1.807) is 6.07 Å². The summed E-state index contributed by atoms with van der Waals surface area (Å²) < 4.78 is 26.5. The molecule has 1 aliphatic carbocycles. The summed E-state index contributed by atoms with van der Waals surface area (Å²) in [5.74, 6) is -0.983. The molecule has 2 aromatic rings. The van der Waals surface area contributed by atoms with Crippen molar-refractivity contribution in [3.63, 3.8) is 0 Å². The number of benzene rings is 2. The van der Waals surface area contributed by atoms with Crippen LogP contribution >= 0.6 is 0 Å². The van der Waals surface area contributed by atoms with Crippen molar-refractivity contribution < 1.29 is 8.78 Å². The van der Waals surface area contributed by atoms with Crippen LogP contribution in [0.4, 0.5) is 8.78 Å². The predicted molar refractivity (Wildman–Crippen MR) is 99.7 cm³/mol. The van der Waals surface area contributed by atoms with Gasteiger partial charge in [-0.2, -0.15) is 0 Å². The van der Waals surface area contributed by atoms with Gasteiger partial charge in [0.05, 0.1) is 0 Å². The molecule has 0 spiro atoms. The molecule has 0 heterocycles. The Balaban J connectivity index is 1.59. The molecule has 0 amide bonds. The van der Waals surface area contributed by atoms with Crippen LogP contribution in [0.2, 0.25) is 0 Å². The van der Waals surface area contributed by atoms with Crippen molar-refractivity contribution in [3.8, 4) is 11.1 Å². The fraction of sp³-hybridized carbons (Fsp3) is 0.455. The number of hydrogen-bond donors (Lipinski definition) is 1. The Labute approximate surface area is 149 Å². The lowest BCUT2D eigenvalue weighted by atomic mass is 9.81. The van der Waals surface area contributed by atoms with Crippen molar-refractivity contribution in [1.29, 1.82) is 0 Å². The second-order valence-electron chi connectivity index (χ2n) is 7.11. The highest BCUT2D eigenvalue weighted by atomic mass is 19.2. The molecule has 0 bridgehead atoms. The molecule has 1 saturated carbocycles. The van der Waals surface area contributed by atoms with Crippen LogP contribution in [0, 0.1) is 11.6 Å². The lowest BCUT2D eigenvalue weighted by Crippen LogP contribution is -2.33. The van der Waals surface area contributed by atoms with E-state index in [1.165, 1.54) is 56.2 Å². The van der Waals surface area contributed by atoms with Crippen molar-refractivity contribution in [2.75, 3.05) is 6.54 Å². The molecular formula is C22H27F2N. The van der Waals surface area contributed by atoms with Crippen LogP contribution in [0.15, 0.2) is 42.5 Å². The third-order valence-corrected chi connectivity index (χ3v) is 5.33. The number of hydrogen-bond acceptors (Lipinski definition) is 1. The molecule has 25 heavy (non-hydrogen) atoms. The molecule has 2 aromatic carbocycles. The highest BCUT2D eigenvalue weighted by molar-refractivity contribution is 5.63. The summed E-state index contributed by atoms with van der Waals surface area (Å²) in [6.45, 7) is 3.36. The maximum absolute atomic E-state index is 13.4. The molecule has 0 aliphatic heterocycles. The minimum absolute atomic E-state index is 0.614. The topological polar surface area (TPSA) is 12.0 Å². The average molecular weight is 343 g/mol. The van der Waals surface area contributed by atoms with Gasteiger partial charge in [0.2, 0.25) is 0 Å². The summed E-state index contributed by atoms with van der Waals surface area (Å²) in [7, 11) is 0. The highest BCUT2D eigenvalue weighted by Gasteiger charge is 2.21. The average Bonchev–Trinajstić information content (AvgIpc) is 2.65. The maximum atomic E-state index is 13.4. The van der Waals surface area contributed by atoms with Crippen LogP contribution in [-0.2, 0) is 0 Å². The second-order valence-corrected chi connectivity index (χ2v) is 7.11. The molecule has 0 saturated heterocycles. The monoisotopic (exact) mass is 343 g/mol. The van der Waals surface area contributed by atoms with E-state index in [-0.39, 0.29) is 0 Å². The first-order valence-corrected chi connectivity index (χ1v) is 9.46. The zero-order chi connectivity index (χ0) is 17.6. The minimum atomic E-state index is -0.801. The van der Waals surface area contributed by atoms with Gasteiger partial charge in [0.25, 0.3) is 0 Å². The molecule has 0 radical (unpaired) electrons. The Hall–Kier alpha value is -1.74. The zero-order valence-corrected chi connectivity index (χ0v) is 14.9. The minimum Gasteiger partial charge on any atom is -0.314 e. The third kappa shape index (κ3) is 4.66. The van der Waals surface area contributed by atoms with Gasteiger partial charge in [-0.15, -0.1) is 0 Å².